The summed E-state index contributed by atoms with van der Waals surface area (Å²) < 4.78 is 1.91. The molecule has 1 aromatic carbocycles. The number of nitrogens with zero attached hydrogens (tertiary/aromatic N) is 2. The zero-order chi connectivity index (χ0) is 15.6. The van der Waals surface area contributed by atoms with Crippen LogP contribution in [0.15, 0.2) is 30.5 Å². The van der Waals surface area contributed by atoms with Crippen LogP contribution in [0.5, 0.6) is 0 Å². The Bertz CT molecular complexity index is 588. The van der Waals surface area contributed by atoms with Crippen molar-refractivity contribution in [2.24, 2.45) is 7.05 Å². The van der Waals surface area contributed by atoms with Gasteiger partial charge < -0.3 is 5.32 Å². The average molecular weight is 285 g/mol. The number of benzene rings is 1. The van der Waals surface area contributed by atoms with Crippen molar-refractivity contribution in [3.63, 3.8) is 0 Å². The smallest absolute Gasteiger partial charge is 0.0722 e. The zero-order valence-electron chi connectivity index (χ0n) is 14.1. The molecule has 0 bridgehead atoms. The highest BCUT2D eigenvalue weighted by molar-refractivity contribution is 5.26. The monoisotopic (exact) mass is 285 g/mol. The zero-order valence-corrected chi connectivity index (χ0v) is 14.1. The van der Waals surface area contributed by atoms with Gasteiger partial charge in [-0.3, -0.25) is 4.68 Å². The molecule has 0 unspecified atom stereocenters. The summed E-state index contributed by atoms with van der Waals surface area (Å²) in [6.45, 7) is 11.8. The van der Waals surface area contributed by atoms with Gasteiger partial charge in [0.05, 0.1) is 5.69 Å². The quantitative estimate of drug-likeness (QED) is 0.924. The molecular formula is C18H27N3. The van der Waals surface area contributed by atoms with Crippen molar-refractivity contribution in [2.45, 2.75) is 52.6 Å². The summed E-state index contributed by atoms with van der Waals surface area (Å²) in [6, 6.07) is 9.05. The maximum atomic E-state index is 4.62. The van der Waals surface area contributed by atoms with Gasteiger partial charge in [0, 0.05) is 36.8 Å². The number of hydrogen-bond acceptors (Lipinski definition) is 2. The van der Waals surface area contributed by atoms with Crippen LogP contribution in [0, 0.1) is 6.92 Å². The number of aryl methyl sites for hydroxylation is 2. The molecular weight excluding hydrogens is 258 g/mol. The third kappa shape index (κ3) is 3.94. The van der Waals surface area contributed by atoms with Gasteiger partial charge in [-0.25, -0.2) is 0 Å². The molecule has 1 atom stereocenters. The molecule has 0 saturated heterocycles. The van der Waals surface area contributed by atoms with E-state index in [0.717, 1.165) is 6.54 Å². The normalized spacial score (nSPS) is 13.4. The lowest BCUT2D eigenvalue weighted by Gasteiger charge is -2.19. The molecule has 2 rings (SSSR count). The maximum absolute atomic E-state index is 4.62. The van der Waals surface area contributed by atoms with Crippen LogP contribution < -0.4 is 5.32 Å². The Morgan fingerprint density at radius 2 is 1.81 bits per heavy atom. The Morgan fingerprint density at radius 3 is 2.38 bits per heavy atom. The van der Waals surface area contributed by atoms with Crippen LogP contribution in [0.4, 0.5) is 0 Å². The van der Waals surface area contributed by atoms with Gasteiger partial charge in [-0.05, 0) is 19.4 Å². The van der Waals surface area contributed by atoms with Crippen LogP contribution in [0.2, 0.25) is 0 Å². The first-order valence-corrected chi connectivity index (χ1v) is 7.60. The molecule has 0 aliphatic heterocycles. The number of rotatable bonds is 4. The SMILES string of the molecule is Cc1ccc([C@@H](C)NCc2cn(C)nc2C(C)(C)C)cc1. The van der Waals surface area contributed by atoms with Gasteiger partial charge in [-0.15, -0.1) is 0 Å². The highest BCUT2D eigenvalue weighted by Gasteiger charge is 2.21. The van der Waals surface area contributed by atoms with E-state index in [9.17, 15) is 0 Å². The van der Waals surface area contributed by atoms with E-state index in [1.54, 1.807) is 0 Å². The summed E-state index contributed by atoms with van der Waals surface area (Å²) in [7, 11) is 1.99. The summed E-state index contributed by atoms with van der Waals surface area (Å²) >= 11 is 0. The van der Waals surface area contributed by atoms with Crippen molar-refractivity contribution in [2.75, 3.05) is 0 Å². The summed E-state index contributed by atoms with van der Waals surface area (Å²) in [5.74, 6) is 0. The lowest BCUT2D eigenvalue weighted by molar-refractivity contribution is 0.531. The molecule has 2 aromatic rings. The minimum Gasteiger partial charge on any atom is -0.306 e. The van der Waals surface area contributed by atoms with Gasteiger partial charge in [0.15, 0.2) is 0 Å². The predicted molar refractivity (Wildman–Crippen MR) is 88.3 cm³/mol. The molecule has 0 fully saturated rings. The lowest BCUT2D eigenvalue weighted by Crippen LogP contribution is -2.21. The fourth-order valence-electron chi connectivity index (χ4n) is 2.53. The largest absolute Gasteiger partial charge is 0.306 e. The molecule has 3 heteroatoms. The Balaban J connectivity index is 2.08. The first-order valence-electron chi connectivity index (χ1n) is 7.60. The average Bonchev–Trinajstić information content (AvgIpc) is 2.78. The van der Waals surface area contributed by atoms with Crippen LogP contribution in [-0.2, 0) is 19.0 Å². The third-order valence-corrected chi connectivity index (χ3v) is 3.79. The standard InChI is InChI=1S/C18H27N3/c1-13-7-9-15(10-8-13)14(2)19-11-16-12-21(6)20-17(16)18(3,4)5/h7-10,12,14,19H,11H2,1-6H3/t14-/m1/s1. The highest BCUT2D eigenvalue weighted by Crippen LogP contribution is 2.24. The van der Waals surface area contributed by atoms with Gasteiger partial charge in [0.25, 0.3) is 0 Å². The van der Waals surface area contributed by atoms with Crippen molar-refractivity contribution in [3.05, 3.63) is 52.8 Å². The molecule has 0 spiro atoms. The molecule has 1 aromatic heterocycles. The first kappa shape index (κ1) is 15.8. The van der Waals surface area contributed by atoms with Crippen LogP contribution >= 0.6 is 0 Å². The second-order valence-electron chi connectivity index (χ2n) is 6.94. The molecule has 114 valence electrons. The van der Waals surface area contributed by atoms with E-state index in [-0.39, 0.29) is 5.41 Å². The van der Waals surface area contributed by atoms with E-state index in [0.29, 0.717) is 6.04 Å². The predicted octanol–water partition coefficient (Wildman–Crippen LogP) is 3.88. The topological polar surface area (TPSA) is 29.9 Å². The Hall–Kier alpha value is -1.61. The highest BCUT2D eigenvalue weighted by atomic mass is 15.3. The Morgan fingerprint density at radius 1 is 1.19 bits per heavy atom. The second kappa shape index (κ2) is 6.02. The van der Waals surface area contributed by atoms with Gasteiger partial charge >= 0.3 is 0 Å². The second-order valence-corrected chi connectivity index (χ2v) is 6.94. The number of nitrogens with one attached hydrogen (secondary N) is 1. The van der Waals surface area contributed by atoms with Gasteiger partial charge in [-0.1, -0.05) is 50.6 Å². The minimum atomic E-state index is 0.0748. The molecule has 3 nitrogen and oxygen atoms in total. The molecule has 0 amide bonds. The van der Waals surface area contributed by atoms with Crippen molar-refractivity contribution >= 4 is 0 Å². The molecule has 0 radical (unpaired) electrons. The minimum absolute atomic E-state index is 0.0748. The van der Waals surface area contributed by atoms with E-state index in [4.69, 9.17) is 0 Å². The fraction of sp³-hybridized carbons (Fsp3) is 0.500. The summed E-state index contributed by atoms with van der Waals surface area (Å²) in [5, 5.41) is 8.23. The van der Waals surface area contributed by atoms with E-state index in [1.165, 1.54) is 22.4 Å². The van der Waals surface area contributed by atoms with Crippen LogP contribution in [0.1, 0.15) is 56.1 Å². The third-order valence-electron chi connectivity index (χ3n) is 3.79. The van der Waals surface area contributed by atoms with Crippen molar-refractivity contribution in [1.82, 2.24) is 15.1 Å². The summed E-state index contributed by atoms with van der Waals surface area (Å²) in [5.41, 5.74) is 5.15. The van der Waals surface area contributed by atoms with E-state index < -0.39 is 0 Å². The summed E-state index contributed by atoms with van der Waals surface area (Å²) in [6.07, 6.45) is 2.12. The fourth-order valence-corrected chi connectivity index (χ4v) is 2.53. The lowest BCUT2D eigenvalue weighted by atomic mass is 9.89. The van der Waals surface area contributed by atoms with E-state index >= 15 is 0 Å². The van der Waals surface area contributed by atoms with E-state index in [1.807, 2.05) is 11.7 Å². The van der Waals surface area contributed by atoms with E-state index in [2.05, 4.69) is 75.5 Å². The van der Waals surface area contributed by atoms with Crippen molar-refractivity contribution < 1.29 is 0 Å². The number of hydrogen-bond donors (Lipinski definition) is 1. The first-order chi connectivity index (χ1) is 9.77. The van der Waals surface area contributed by atoms with Crippen molar-refractivity contribution in [1.29, 1.82) is 0 Å². The molecule has 0 aliphatic carbocycles. The van der Waals surface area contributed by atoms with Gasteiger partial charge in [0.2, 0.25) is 0 Å². The molecule has 1 N–H and O–H groups in total. The summed E-state index contributed by atoms with van der Waals surface area (Å²) in [4.78, 5) is 0. The van der Waals surface area contributed by atoms with Gasteiger partial charge in [-0.2, -0.15) is 5.10 Å². The molecule has 21 heavy (non-hydrogen) atoms. The van der Waals surface area contributed by atoms with Gasteiger partial charge in [0.1, 0.15) is 0 Å². The van der Waals surface area contributed by atoms with Crippen LogP contribution in [0.3, 0.4) is 0 Å². The molecule has 0 saturated carbocycles. The maximum Gasteiger partial charge on any atom is 0.0722 e. The Kier molecular flexibility index (Phi) is 4.52. The van der Waals surface area contributed by atoms with Crippen LogP contribution in [-0.4, -0.2) is 9.78 Å². The molecule has 0 aliphatic rings. The molecule has 1 heterocycles. The Labute approximate surface area is 128 Å². The van der Waals surface area contributed by atoms with Crippen LogP contribution in [0.25, 0.3) is 0 Å². The number of aromatic nitrogens is 2. The van der Waals surface area contributed by atoms with Crippen molar-refractivity contribution in [3.8, 4) is 0 Å².